The molecule has 13 nitrogen and oxygen atoms in total. The Labute approximate surface area is 128 Å². The van der Waals surface area contributed by atoms with Gasteiger partial charge in [0, 0.05) is 0 Å². The first-order valence-corrected chi connectivity index (χ1v) is 7.91. The molecule has 0 spiro atoms. The normalized spacial score (nSPS) is 8.55. The molecule has 0 saturated carbocycles. The monoisotopic (exact) mass is 395 g/mol. The molecule has 0 saturated heterocycles. The molecule has 4 atom stereocenters. The molecule has 2 rings (SSSR count). The lowest BCUT2D eigenvalue weighted by Crippen LogP contribution is -1.93. The summed E-state index contributed by atoms with van der Waals surface area (Å²) in [4.78, 5) is 42.5. The smallest absolute Gasteiger partial charge is 0.368 e. The summed E-state index contributed by atoms with van der Waals surface area (Å²) < 4.78 is 34.1. The Hall–Kier alpha value is -1.41. The zero-order valence-electron chi connectivity index (χ0n) is 10.5. The molecule has 22 heavy (non-hydrogen) atoms. The van der Waals surface area contributed by atoms with E-state index in [0.29, 0.717) is 5.65 Å². The van der Waals surface area contributed by atoms with Crippen LogP contribution in [0.4, 0.5) is 5.95 Å². The molecule has 4 unspecified atom stereocenters. The van der Waals surface area contributed by atoms with Crippen molar-refractivity contribution in [3.05, 3.63) is 12.5 Å². The van der Waals surface area contributed by atoms with Crippen LogP contribution in [-0.4, -0.2) is 39.5 Å². The van der Waals surface area contributed by atoms with Gasteiger partial charge >= 0.3 is 34.7 Å². The fraction of sp³-hybridized carbons (Fsp3) is 0. The summed E-state index contributed by atoms with van der Waals surface area (Å²) in [5.41, 5.74) is 6.71. The number of nitrogens with two attached hydrogens (primary N) is 1. The van der Waals surface area contributed by atoms with Crippen LogP contribution >= 0.6 is 34.7 Å². The van der Waals surface area contributed by atoms with E-state index in [1.807, 2.05) is 0 Å². The zero-order chi connectivity index (χ0) is 17.8. The average Bonchev–Trinajstić information content (AvgIpc) is 2.89. The first kappa shape index (κ1) is 25.5. The summed E-state index contributed by atoms with van der Waals surface area (Å²) in [5, 5.41) is 0. The number of anilines is 1. The Balaban J connectivity index is -0.000000254. The molecule has 0 aliphatic rings. The van der Waals surface area contributed by atoms with Crippen molar-refractivity contribution in [2.24, 2.45) is 0 Å². The highest BCUT2D eigenvalue weighted by atomic mass is 31.1. The molecule has 2 aromatic rings. The first-order chi connectivity index (χ1) is 10.5. The number of hydrogen-bond donors (Lipinski definition) is 6. The topological polar surface area (TPSA) is 230 Å². The third kappa shape index (κ3) is 18.6. The molecule has 2 heterocycles. The van der Waals surface area contributed by atoms with Gasteiger partial charge < -0.3 is 10.7 Å². The van der Waals surface area contributed by atoms with Crippen LogP contribution in [0.1, 0.15) is 0 Å². The summed E-state index contributed by atoms with van der Waals surface area (Å²) in [5.74, 6) is 0.250. The number of imidazole rings is 1. The van der Waals surface area contributed by atoms with Crippen LogP contribution < -0.4 is 5.73 Å². The van der Waals surface area contributed by atoms with Gasteiger partial charge in [0.25, 0.3) is 0 Å². The average molecular weight is 395 g/mol. The number of hydrogen-bond acceptors (Lipinski definition) is 8. The second-order valence-electron chi connectivity index (χ2n) is 2.23. The lowest BCUT2D eigenvalue weighted by atomic mass is 10.6. The third-order valence-electron chi connectivity index (χ3n) is 1.19. The van der Waals surface area contributed by atoms with Crippen molar-refractivity contribution in [1.82, 2.24) is 19.9 Å². The van der Waals surface area contributed by atoms with Crippen molar-refractivity contribution in [2.45, 2.75) is 0 Å². The van der Waals surface area contributed by atoms with Gasteiger partial charge in [-0.2, -0.15) is 24.6 Å². The zero-order valence-corrected chi connectivity index (χ0v) is 14.5. The molecule has 0 amide bonds. The van der Waals surface area contributed by atoms with Crippen molar-refractivity contribution in [3.8, 4) is 0 Å². The van der Waals surface area contributed by atoms with Crippen LogP contribution in [0.25, 0.3) is 11.2 Å². The molecule has 2 aromatic heterocycles. The van der Waals surface area contributed by atoms with Crippen LogP contribution in [0.3, 0.4) is 0 Å². The van der Waals surface area contributed by atoms with E-state index in [-0.39, 0.29) is 5.95 Å². The SMILES string of the molecule is Nc1ncc2[nH]cnc2n1.O=[PH+]O.O=[PH+]O.O=[PH+]O.O=[PH+]O. The molecule has 0 fully saturated rings. The van der Waals surface area contributed by atoms with Crippen LogP contribution in [0.15, 0.2) is 12.5 Å². The maximum absolute atomic E-state index is 8.51. The van der Waals surface area contributed by atoms with Crippen molar-refractivity contribution in [3.63, 3.8) is 0 Å². The second kappa shape index (κ2) is 21.9. The molecular formula is C5H13N5O8P4+4. The minimum atomic E-state index is -1.17. The van der Waals surface area contributed by atoms with Crippen LogP contribution in [0.2, 0.25) is 0 Å². The van der Waals surface area contributed by atoms with Crippen molar-refractivity contribution < 1.29 is 37.8 Å². The molecule has 0 radical (unpaired) electrons. The maximum Gasteiger partial charge on any atom is 0.491 e. The van der Waals surface area contributed by atoms with E-state index in [1.165, 1.54) is 0 Å². The maximum atomic E-state index is 8.51. The molecule has 17 heteroatoms. The Morgan fingerprint density at radius 3 is 1.73 bits per heavy atom. The van der Waals surface area contributed by atoms with Gasteiger partial charge in [-0.1, -0.05) is 0 Å². The number of aromatic nitrogens is 4. The number of H-pyrrole nitrogens is 1. The Kier molecular flexibility index (Phi) is 25.4. The highest BCUT2D eigenvalue weighted by Gasteiger charge is 1.95. The molecule has 7 N–H and O–H groups in total. The summed E-state index contributed by atoms with van der Waals surface area (Å²) in [6.45, 7) is 0. The van der Waals surface area contributed by atoms with Crippen LogP contribution in [0.5, 0.6) is 0 Å². The van der Waals surface area contributed by atoms with E-state index in [0.717, 1.165) is 5.52 Å². The van der Waals surface area contributed by atoms with Gasteiger partial charge in [-0.15, -0.1) is 0 Å². The van der Waals surface area contributed by atoms with Gasteiger partial charge in [-0.3, -0.25) is 0 Å². The van der Waals surface area contributed by atoms with Gasteiger partial charge in [0.05, 0.1) is 12.5 Å². The predicted octanol–water partition coefficient (Wildman–Crippen LogP) is -0.394. The van der Waals surface area contributed by atoms with E-state index in [4.69, 9.17) is 43.6 Å². The van der Waals surface area contributed by atoms with Crippen LogP contribution in [-0.2, 0) is 18.3 Å². The number of nitrogen functional groups attached to an aromatic ring is 1. The molecular weight excluding hydrogens is 382 g/mol. The van der Waals surface area contributed by atoms with Crippen molar-refractivity contribution in [2.75, 3.05) is 5.73 Å². The molecule has 0 bridgehead atoms. The largest absolute Gasteiger partial charge is 0.491 e. The van der Waals surface area contributed by atoms with E-state index in [9.17, 15) is 0 Å². The Bertz CT molecular complexity index is 516. The summed E-state index contributed by atoms with van der Waals surface area (Å²) in [6, 6.07) is 0. The fourth-order valence-corrected chi connectivity index (χ4v) is 0.749. The van der Waals surface area contributed by atoms with Gasteiger partial charge in [-0.25, -0.2) is 9.97 Å². The van der Waals surface area contributed by atoms with E-state index in [2.05, 4.69) is 19.9 Å². The number of nitrogens with zero attached hydrogens (tertiary/aromatic N) is 3. The standard InChI is InChI=1S/C5H5N5.4HO2P/c6-5-7-1-3-4(10-5)9-2-8-3;4*1-3-2/h1-2H,(H3,6,7,8,9,10);4*3H/p+4. The van der Waals surface area contributed by atoms with E-state index < -0.39 is 34.7 Å². The lowest BCUT2D eigenvalue weighted by Gasteiger charge is -1.87. The third-order valence-corrected chi connectivity index (χ3v) is 1.19. The van der Waals surface area contributed by atoms with Crippen LogP contribution in [0, 0.1) is 0 Å². The Morgan fingerprint density at radius 2 is 1.32 bits per heavy atom. The van der Waals surface area contributed by atoms with Crippen molar-refractivity contribution >= 4 is 51.9 Å². The van der Waals surface area contributed by atoms with Gasteiger partial charge in [0.2, 0.25) is 5.95 Å². The number of aromatic amines is 1. The minimum absolute atomic E-state index is 0.250. The van der Waals surface area contributed by atoms with E-state index >= 15 is 0 Å². The molecule has 0 aliphatic carbocycles. The molecule has 0 aliphatic heterocycles. The highest BCUT2D eigenvalue weighted by Crippen LogP contribution is 2.03. The summed E-state index contributed by atoms with van der Waals surface area (Å²) in [6.07, 6.45) is 3.16. The van der Waals surface area contributed by atoms with E-state index in [1.54, 1.807) is 12.5 Å². The summed E-state index contributed by atoms with van der Waals surface area (Å²) in [7, 11) is -4.67. The second-order valence-corrected chi connectivity index (χ2v) is 2.96. The van der Waals surface area contributed by atoms with Gasteiger partial charge in [0.1, 0.15) is 5.52 Å². The molecule has 0 aromatic carbocycles. The highest BCUT2D eigenvalue weighted by molar-refractivity contribution is 7.16. The summed E-state index contributed by atoms with van der Waals surface area (Å²) >= 11 is 0. The lowest BCUT2D eigenvalue weighted by molar-refractivity contribution is 0.523. The number of fused-ring (bicyclic) bond motifs is 1. The quantitative estimate of drug-likeness (QED) is 0.313. The fourth-order valence-electron chi connectivity index (χ4n) is 0.749. The first-order valence-electron chi connectivity index (χ1n) is 4.49. The molecule has 122 valence electrons. The number of nitrogens with one attached hydrogen (secondary N) is 1. The number of rotatable bonds is 0. The van der Waals surface area contributed by atoms with Gasteiger partial charge in [0.15, 0.2) is 5.65 Å². The van der Waals surface area contributed by atoms with Gasteiger partial charge in [-0.05, 0) is 18.3 Å². The Morgan fingerprint density at radius 1 is 0.909 bits per heavy atom. The minimum Gasteiger partial charge on any atom is -0.368 e. The predicted molar refractivity (Wildman–Crippen MR) is 81.0 cm³/mol. The van der Waals surface area contributed by atoms with Crippen molar-refractivity contribution in [1.29, 1.82) is 0 Å².